The molecular formula is C17H24N2O4. The van der Waals surface area contributed by atoms with Gasteiger partial charge in [-0.05, 0) is 37.5 Å². The molecule has 1 fully saturated rings. The van der Waals surface area contributed by atoms with Crippen LogP contribution in [0.25, 0.3) is 0 Å². The molecule has 4 N–H and O–H groups in total. The fourth-order valence-corrected chi connectivity index (χ4v) is 2.84. The van der Waals surface area contributed by atoms with E-state index in [2.05, 4.69) is 5.32 Å². The van der Waals surface area contributed by atoms with Gasteiger partial charge in [0.25, 0.3) is 0 Å². The van der Waals surface area contributed by atoms with Crippen molar-refractivity contribution in [1.82, 2.24) is 5.32 Å². The second-order valence-corrected chi connectivity index (χ2v) is 6.01. The van der Waals surface area contributed by atoms with Crippen molar-refractivity contribution in [3.8, 4) is 5.75 Å². The molecule has 1 saturated carbocycles. The highest BCUT2D eigenvalue weighted by atomic mass is 16.5. The van der Waals surface area contributed by atoms with E-state index in [9.17, 15) is 14.7 Å². The van der Waals surface area contributed by atoms with Gasteiger partial charge in [-0.2, -0.15) is 0 Å². The molecule has 126 valence electrons. The van der Waals surface area contributed by atoms with Gasteiger partial charge >= 0.3 is 5.97 Å². The van der Waals surface area contributed by atoms with Crippen molar-refractivity contribution in [3.63, 3.8) is 0 Å². The summed E-state index contributed by atoms with van der Waals surface area (Å²) in [6.45, 7) is 1.97. The molecule has 0 bridgehead atoms. The van der Waals surface area contributed by atoms with Gasteiger partial charge in [0.05, 0.1) is 12.1 Å². The van der Waals surface area contributed by atoms with E-state index in [0.717, 1.165) is 18.4 Å². The van der Waals surface area contributed by atoms with Gasteiger partial charge in [0, 0.05) is 6.42 Å². The summed E-state index contributed by atoms with van der Waals surface area (Å²) >= 11 is 0. The van der Waals surface area contributed by atoms with Gasteiger partial charge in [-0.1, -0.05) is 25.0 Å². The third-order valence-electron chi connectivity index (χ3n) is 4.20. The molecule has 6 heteroatoms. The Kier molecular flexibility index (Phi) is 5.60. The lowest BCUT2D eigenvalue weighted by Gasteiger charge is -2.26. The summed E-state index contributed by atoms with van der Waals surface area (Å²) in [7, 11) is 0. The minimum atomic E-state index is -0.889. The van der Waals surface area contributed by atoms with Gasteiger partial charge in [0.2, 0.25) is 5.91 Å². The highest BCUT2D eigenvalue weighted by molar-refractivity contribution is 5.90. The minimum Gasteiger partial charge on any atom is -0.508 e. The predicted molar refractivity (Wildman–Crippen MR) is 85.8 cm³/mol. The maximum absolute atomic E-state index is 12.4. The van der Waals surface area contributed by atoms with Crippen LogP contribution in [0.15, 0.2) is 24.3 Å². The summed E-state index contributed by atoms with van der Waals surface area (Å²) in [6.07, 6.45) is 3.40. The van der Waals surface area contributed by atoms with E-state index in [0.29, 0.717) is 19.3 Å². The monoisotopic (exact) mass is 320 g/mol. The number of carbonyl (C=O) groups excluding carboxylic acids is 2. The van der Waals surface area contributed by atoms with Crippen LogP contribution < -0.4 is 11.1 Å². The Labute approximate surface area is 136 Å². The molecule has 0 aromatic heterocycles. The number of aromatic hydroxyl groups is 1. The number of phenolic OH excluding ortho intramolecular Hbond substituents is 1. The molecule has 1 aliphatic carbocycles. The maximum Gasteiger partial charge on any atom is 0.328 e. The van der Waals surface area contributed by atoms with Crippen molar-refractivity contribution in [2.75, 3.05) is 6.61 Å². The Balaban J connectivity index is 2.09. The summed E-state index contributed by atoms with van der Waals surface area (Å²) in [4.78, 5) is 24.6. The molecule has 0 saturated heterocycles. The first-order valence-electron chi connectivity index (χ1n) is 7.99. The van der Waals surface area contributed by atoms with Crippen LogP contribution >= 0.6 is 0 Å². The lowest BCUT2D eigenvalue weighted by Crippen LogP contribution is -2.56. The molecule has 1 aromatic carbocycles. The average molecular weight is 320 g/mol. The van der Waals surface area contributed by atoms with Gasteiger partial charge in [-0.3, -0.25) is 4.79 Å². The van der Waals surface area contributed by atoms with Crippen LogP contribution in [0.3, 0.4) is 0 Å². The van der Waals surface area contributed by atoms with Crippen LogP contribution in [0.5, 0.6) is 5.75 Å². The van der Waals surface area contributed by atoms with Crippen molar-refractivity contribution in [2.24, 2.45) is 5.73 Å². The summed E-state index contributed by atoms with van der Waals surface area (Å²) in [5, 5.41) is 12.1. The van der Waals surface area contributed by atoms with Crippen LogP contribution in [0.1, 0.15) is 38.2 Å². The van der Waals surface area contributed by atoms with E-state index < -0.39 is 17.6 Å². The predicted octanol–water partition coefficient (Wildman–Crippen LogP) is 1.25. The third kappa shape index (κ3) is 4.45. The molecule has 0 spiro atoms. The fraction of sp³-hybridized carbons (Fsp3) is 0.529. The number of amides is 1. The second-order valence-electron chi connectivity index (χ2n) is 6.01. The van der Waals surface area contributed by atoms with Crippen LogP contribution in [0.4, 0.5) is 0 Å². The Bertz CT molecular complexity index is 550. The van der Waals surface area contributed by atoms with Crippen molar-refractivity contribution < 1.29 is 19.4 Å². The number of nitrogens with two attached hydrogens (primary N) is 1. The first-order chi connectivity index (χ1) is 10.9. The zero-order valence-corrected chi connectivity index (χ0v) is 13.4. The highest BCUT2D eigenvalue weighted by Crippen LogP contribution is 2.27. The molecule has 0 aliphatic heterocycles. The van der Waals surface area contributed by atoms with Crippen LogP contribution in [-0.2, 0) is 20.7 Å². The summed E-state index contributed by atoms with van der Waals surface area (Å²) in [6, 6.07) is 5.72. The maximum atomic E-state index is 12.4. The average Bonchev–Trinajstić information content (AvgIpc) is 2.97. The van der Waals surface area contributed by atoms with Gasteiger partial charge in [0.15, 0.2) is 0 Å². The standard InChI is InChI=1S/C17H24N2O4/c1-2-23-15(21)14(11-12-5-7-13(20)8-6-12)19-16(22)17(18)9-3-4-10-17/h5-8,14,20H,2-4,9-11,18H2,1H3,(H,19,22)/t14-/m0/s1. The first-order valence-corrected chi connectivity index (χ1v) is 7.99. The van der Waals surface area contributed by atoms with Gasteiger partial charge in [0.1, 0.15) is 11.8 Å². The number of ether oxygens (including phenoxy) is 1. The van der Waals surface area contributed by atoms with Crippen LogP contribution in [0.2, 0.25) is 0 Å². The van der Waals surface area contributed by atoms with Gasteiger partial charge in [-0.25, -0.2) is 4.79 Å². The molecule has 0 radical (unpaired) electrons. The number of carbonyl (C=O) groups is 2. The summed E-state index contributed by atoms with van der Waals surface area (Å²) in [5.41, 5.74) is 6.07. The SMILES string of the molecule is CCOC(=O)[C@H](Cc1ccc(O)cc1)NC(=O)C1(N)CCCC1. The van der Waals surface area contributed by atoms with E-state index >= 15 is 0 Å². The molecule has 23 heavy (non-hydrogen) atoms. The third-order valence-corrected chi connectivity index (χ3v) is 4.20. The Morgan fingerprint density at radius 3 is 2.48 bits per heavy atom. The zero-order valence-electron chi connectivity index (χ0n) is 13.4. The summed E-state index contributed by atoms with van der Waals surface area (Å²) in [5.74, 6) is -0.625. The lowest BCUT2D eigenvalue weighted by atomic mass is 9.96. The largest absolute Gasteiger partial charge is 0.508 e. The fourth-order valence-electron chi connectivity index (χ4n) is 2.84. The number of esters is 1. The second kappa shape index (κ2) is 7.46. The molecule has 0 heterocycles. The van der Waals surface area contributed by atoms with Crippen molar-refractivity contribution in [2.45, 2.75) is 50.6 Å². The van der Waals surface area contributed by atoms with Crippen LogP contribution in [0, 0.1) is 0 Å². The lowest BCUT2D eigenvalue weighted by molar-refractivity contribution is -0.148. The Morgan fingerprint density at radius 2 is 1.91 bits per heavy atom. The van der Waals surface area contributed by atoms with Gasteiger partial charge in [-0.15, -0.1) is 0 Å². The molecule has 0 unspecified atom stereocenters. The zero-order chi connectivity index (χ0) is 16.9. The number of hydrogen-bond acceptors (Lipinski definition) is 5. The molecular weight excluding hydrogens is 296 g/mol. The minimum absolute atomic E-state index is 0.150. The number of phenols is 1. The molecule has 2 rings (SSSR count). The Morgan fingerprint density at radius 1 is 1.30 bits per heavy atom. The number of benzene rings is 1. The highest BCUT2D eigenvalue weighted by Gasteiger charge is 2.39. The molecule has 1 aromatic rings. The van der Waals surface area contributed by atoms with Gasteiger partial charge < -0.3 is 20.9 Å². The van der Waals surface area contributed by atoms with E-state index in [1.165, 1.54) is 0 Å². The van der Waals surface area contributed by atoms with Crippen molar-refractivity contribution in [1.29, 1.82) is 0 Å². The number of hydrogen-bond donors (Lipinski definition) is 3. The normalized spacial score (nSPS) is 17.5. The smallest absolute Gasteiger partial charge is 0.328 e. The molecule has 6 nitrogen and oxygen atoms in total. The van der Waals surface area contributed by atoms with E-state index in [-0.39, 0.29) is 18.3 Å². The van der Waals surface area contributed by atoms with E-state index in [1.807, 2.05) is 0 Å². The van der Waals surface area contributed by atoms with E-state index in [1.54, 1.807) is 31.2 Å². The number of nitrogens with one attached hydrogen (secondary N) is 1. The summed E-state index contributed by atoms with van der Waals surface area (Å²) < 4.78 is 5.05. The molecule has 1 atom stereocenters. The van der Waals surface area contributed by atoms with Crippen molar-refractivity contribution >= 4 is 11.9 Å². The topological polar surface area (TPSA) is 102 Å². The Hall–Kier alpha value is -2.08. The van der Waals surface area contributed by atoms with E-state index in [4.69, 9.17) is 10.5 Å². The first kappa shape index (κ1) is 17.3. The number of rotatable bonds is 6. The quantitative estimate of drug-likeness (QED) is 0.685. The van der Waals surface area contributed by atoms with Crippen molar-refractivity contribution in [3.05, 3.63) is 29.8 Å². The van der Waals surface area contributed by atoms with Crippen LogP contribution in [-0.4, -0.2) is 35.2 Å². The molecule has 1 amide bonds. The molecule has 1 aliphatic rings.